The van der Waals surface area contributed by atoms with Crippen molar-refractivity contribution < 1.29 is 9.59 Å². The molecule has 4 nitrogen and oxygen atoms in total. The van der Waals surface area contributed by atoms with Gasteiger partial charge in [-0.2, -0.15) is 0 Å². The SMILES string of the molecule is Cc1ccc(Cl)cc1NC(=O)C(C)(C)C(=O)NC1CC1. The fourth-order valence-corrected chi connectivity index (χ4v) is 1.88. The molecule has 1 saturated carbocycles. The summed E-state index contributed by atoms with van der Waals surface area (Å²) in [6.07, 6.45) is 1.99. The summed E-state index contributed by atoms with van der Waals surface area (Å²) in [6, 6.07) is 5.51. The number of hydrogen-bond donors (Lipinski definition) is 2. The molecule has 108 valence electrons. The zero-order valence-electron chi connectivity index (χ0n) is 11.9. The van der Waals surface area contributed by atoms with Crippen LogP contribution in [-0.4, -0.2) is 17.9 Å². The summed E-state index contributed by atoms with van der Waals surface area (Å²) < 4.78 is 0. The topological polar surface area (TPSA) is 58.2 Å². The van der Waals surface area contributed by atoms with Gasteiger partial charge in [0.15, 0.2) is 0 Å². The molecule has 0 atom stereocenters. The van der Waals surface area contributed by atoms with Gasteiger partial charge in [0.2, 0.25) is 11.8 Å². The Morgan fingerprint density at radius 3 is 2.50 bits per heavy atom. The van der Waals surface area contributed by atoms with Crippen LogP contribution in [0.4, 0.5) is 5.69 Å². The maximum atomic E-state index is 12.3. The third-order valence-corrected chi connectivity index (χ3v) is 3.73. The first kappa shape index (κ1) is 14.9. The molecule has 1 aromatic rings. The zero-order valence-corrected chi connectivity index (χ0v) is 12.7. The smallest absolute Gasteiger partial charge is 0.239 e. The van der Waals surface area contributed by atoms with Crippen molar-refractivity contribution in [2.45, 2.75) is 39.7 Å². The van der Waals surface area contributed by atoms with Gasteiger partial charge < -0.3 is 10.6 Å². The van der Waals surface area contributed by atoms with Crippen molar-refractivity contribution in [3.05, 3.63) is 28.8 Å². The third-order valence-electron chi connectivity index (χ3n) is 3.50. The molecule has 1 aromatic carbocycles. The van der Waals surface area contributed by atoms with Crippen LogP contribution in [0.2, 0.25) is 5.02 Å². The number of carbonyl (C=O) groups is 2. The summed E-state index contributed by atoms with van der Waals surface area (Å²) in [5, 5.41) is 6.19. The summed E-state index contributed by atoms with van der Waals surface area (Å²) in [7, 11) is 0. The Bertz CT molecular complexity index is 551. The minimum Gasteiger partial charge on any atom is -0.352 e. The predicted molar refractivity (Wildman–Crippen MR) is 79.8 cm³/mol. The Labute approximate surface area is 123 Å². The Hall–Kier alpha value is -1.55. The van der Waals surface area contributed by atoms with Gasteiger partial charge in [0, 0.05) is 16.8 Å². The van der Waals surface area contributed by atoms with Crippen LogP contribution < -0.4 is 10.6 Å². The average molecular weight is 295 g/mol. The van der Waals surface area contributed by atoms with Gasteiger partial charge in [-0.1, -0.05) is 17.7 Å². The van der Waals surface area contributed by atoms with Crippen molar-refractivity contribution >= 4 is 29.1 Å². The van der Waals surface area contributed by atoms with Gasteiger partial charge in [0.05, 0.1) is 0 Å². The van der Waals surface area contributed by atoms with Crippen LogP contribution in [0.5, 0.6) is 0 Å². The van der Waals surface area contributed by atoms with E-state index in [-0.39, 0.29) is 17.9 Å². The Morgan fingerprint density at radius 1 is 1.25 bits per heavy atom. The third kappa shape index (κ3) is 3.31. The lowest BCUT2D eigenvalue weighted by molar-refractivity contribution is -0.138. The molecule has 20 heavy (non-hydrogen) atoms. The molecule has 0 unspecified atom stereocenters. The maximum absolute atomic E-state index is 12.3. The molecule has 1 aliphatic carbocycles. The monoisotopic (exact) mass is 294 g/mol. The highest BCUT2D eigenvalue weighted by molar-refractivity contribution is 6.31. The van der Waals surface area contributed by atoms with Crippen molar-refractivity contribution in [3.63, 3.8) is 0 Å². The number of rotatable bonds is 4. The van der Waals surface area contributed by atoms with E-state index in [9.17, 15) is 9.59 Å². The number of benzene rings is 1. The first-order valence-electron chi connectivity index (χ1n) is 6.69. The van der Waals surface area contributed by atoms with Crippen LogP contribution in [-0.2, 0) is 9.59 Å². The molecule has 1 fully saturated rings. The molecule has 0 aliphatic heterocycles. The highest BCUT2D eigenvalue weighted by Gasteiger charge is 2.38. The van der Waals surface area contributed by atoms with Crippen molar-refractivity contribution in [1.29, 1.82) is 0 Å². The van der Waals surface area contributed by atoms with E-state index < -0.39 is 5.41 Å². The molecule has 0 heterocycles. The molecular weight excluding hydrogens is 276 g/mol. The second-order valence-electron chi connectivity index (χ2n) is 5.79. The number of halogens is 1. The van der Waals surface area contributed by atoms with Gasteiger partial charge in [0.1, 0.15) is 5.41 Å². The van der Waals surface area contributed by atoms with Gasteiger partial charge in [0.25, 0.3) is 0 Å². The average Bonchev–Trinajstić information content (AvgIpc) is 3.17. The summed E-state index contributed by atoms with van der Waals surface area (Å²) in [4.78, 5) is 24.4. The normalized spacial score (nSPS) is 14.8. The van der Waals surface area contributed by atoms with Crippen molar-refractivity contribution in [2.24, 2.45) is 5.41 Å². The fraction of sp³-hybridized carbons (Fsp3) is 0.467. The molecule has 2 amide bonds. The molecular formula is C15H19ClN2O2. The van der Waals surface area contributed by atoms with E-state index >= 15 is 0 Å². The molecule has 0 aromatic heterocycles. The van der Waals surface area contributed by atoms with Crippen molar-refractivity contribution in [1.82, 2.24) is 5.32 Å². The van der Waals surface area contributed by atoms with Gasteiger partial charge in [-0.05, 0) is 51.3 Å². The van der Waals surface area contributed by atoms with E-state index in [4.69, 9.17) is 11.6 Å². The van der Waals surface area contributed by atoms with E-state index in [0.717, 1.165) is 18.4 Å². The molecule has 2 rings (SSSR count). The minimum absolute atomic E-state index is 0.238. The highest BCUT2D eigenvalue weighted by Crippen LogP contribution is 2.26. The summed E-state index contributed by atoms with van der Waals surface area (Å²) >= 11 is 5.92. The Kier molecular flexibility index (Phi) is 4.04. The molecule has 1 aliphatic rings. The first-order valence-corrected chi connectivity index (χ1v) is 7.07. The molecule has 5 heteroatoms. The maximum Gasteiger partial charge on any atom is 0.239 e. The molecule has 0 saturated heterocycles. The van der Waals surface area contributed by atoms with Crippen LogP contribution in [0.3, 0.4) is 0 Å². The molecule has 2 N–H and O–H groups in total. The number of amides is 2. The number of anilines is 1. The Balaban J connectivity index is 2.09. The van der Waals surface area contributed by atoms with Crippen LogP contribution in [0.15, 0.2) is 18.2 Å². The van der Waals surface area contributed by atoms with E-state index in [2.05, 4.69) is 10.6 Å². The number of nitrogens with one attached hydrogen (secondary N) is 2. The summed E-state index contributed by atoms with van der Waals surface area (Å²) in [6.45, 7) is 5.13. The van der Waals surface area contributed by atoms with Gasteiger partial charge in [-0.3, -0.25) is 9.59 Å². The quantitative estimate of drug-likeness (QED) is 0.839. The minimum atomic E-state index is -1.11. The van der Waals surface area contributed by atoms with Gasteiger partial charge in [-0.15, -0.1) is 0 Å². The fourth-order valence-electron chi connectivity index (χ4n) is 1.70. The van der Waals surface area contributed by atoms with E-state index in [0.29, 0.717) is 10.7 Å². The lowest BCUT2D eigenvalue weighted by atomic mass is 9.90. The van der Waals surface area contributed by atoms with Crippen molar-refractivity contribution in [3.8, 4) is 0 Å². The summed E-state index contributed by atoms with van der Waals surface area (Å²) in [5.41, 5.74) is 0.424. The van der Waals surface area contributed by atoms with Crippen LogP contribution in [0, 0.1) is 12.3 Å². The largest absolute Gasteiger partial charge is 0.352 e. The first-order chi connectivity index (χ1) is 9.30. The second kappa shape index (κ2) is 5.44. The van der Waals surface area contributed by atoms with Gasteiger partial charge in [-0.25, -0.2) is 0 Å². The van der Waals surface area contributed by atoms with Crippen LogP contribution in [0.1, 0.15) is 32.3 Å². The molecule has 0 radical (unpaired) electrons. The van der Waals surface area contributed by atoms with E-state index in [1.165, 1.54) is 0 Å². The predicted octanol–water partition coefficient (Wildman–Crippen LogP) is 2.89. The Morgan fingerprint density at radius 2 is 1.90 bits per heavy atom. The van der Waals surface area contributed by atoms with Gasteiger partial charge >= 0.3 is 0 Å². The second-order valence-corrected chi connectivity index (χ2v) is 6.22. The van der Waals surface area contributed by atoms with Crippen LogP contribution in [0.25, 0.3) is 0 Å². The number of hydrogen-bond acceptors (Lipinski definition) is 2. The standard InChI is InChI=1S/C15H19ClN2O2/c1-9-4-5-10(16)8-12(9)18-14(20)15(2,3)13(19)17-11-6-7-11/h4-5,8,11H,6-7H2,1-3H3,(H,17,19)(H,18,20). The molecule has 0 spiro atoms. The number of carbonyl (C=O) groups excluding carboxylic acids is 2. The lowest BCUT2D eigenvalue weighted by Gasteiger charge is -2.23. The van der Waals surface area contributed by atoms with Crippen LogP contribution >= 0.6 is 11.6 Å². The molecule has 0 bridgehead atoms. The summed E-state index contributed by atoms with van der Waals surface area (Å²) in [5.74, 6) is -0.571. The van der Waals surface area contributed by atoms with E-state index in [1.54, 1.807) is 26.0 Å². The highest BCUT2D eigenvalue weighted by atomic mass is 35.5. The number of aryl methyl sites for hydroxylation is 1. The zero-order chi connectivity index (χ0) is 14.9. The lowest BCUT2D eigenvalue weighted by Crippen LogP contribution is -2.45. The van der Waals surface area contributed by atoms with Crippen molar-refractivity contribution in [2.75, 3.05) is 5.32 Å². The van der Waals surface area contributed by atoms with E-state index in [1.807, 2.05) is 13.0 Å².